The molecule has 130 valence electrons. The first kappa shape index (κ1) is 16.6. The zero-order chi connectivity index (χ0) is 18.1. The topological polar surface area (TPSA) is 64.8 Å². The molecular weight excluding hydrogens is 348 g/mol. The number of benzene rings is 2. The molecule has 0 radical (unpaired) electrons. The van der Waals surface area contributed by atoms with E-state index in [-0.39, 0.29) is 5.56 Å². The summed E-state index contributed by atoms with van der Waals surface area (Å²) in [5, 5.41) is 12.9. The van der Waals surface area contributed by atoms with Crippen LogP contribution in [-0.4, -0.2) is 21.2 Å². The second-order valence-corrected chi connectivity index (χ2v) is 6.90. The number of nitriles is 1. The van der Waals surface area contributed by atoms with Crippen LogP contribution >= 0.6 is 11.6 Å². The van der Waals surface area contributed by atoms with Gasteiger partial charge in [-0.05, 0) is 48.4 Å². The quantitative estimate of drug-likeness (QED) is 0.775. The Morgan fingerprint density at radius 2 is 2.00 bits per heavy atom. The summed E-state index contributed by atoms with van der Waals surface area (Å²) in [7, 11) is 0. The molecule has 2 aromatic carbocycles. The minimum absolute atomic E-state index is 0.00782. The van der Waals surface area contributed by atoms with E-state index in [1.807, 2.05) is 36.4 Å². The molecule has 0 spiro atoms. The molecular formula is C20H17ClN4O. The van der Waals surface area contributed by atoms with E-state index in [4.69, 9.17) is 16.9 Å². The van der Waals surface area contributed by atoms with Crippen molar-refractivity contribution in [3.63, 3.8) is 0 Å². The molecule has 0 saturated carbocycles. The van der Waals surface area contributed by atoms with E-state index in [9.17, 15) is 4.79 Å². The Morgan fingerprint density at radius 1 is 1.19 bits per heavy atom. The normalized spacial score (nSPS) is 14.0. The lowest BCUT2D eigenvalue weighted by molar-refractivity contribution is 0.242. The van der Waals surface area contributed by atoms with Gasteiger partial charge in [-0.15, -0.1) is 0 Å². The fraction of sp³-hybridized carbons (Fsp3) is 0.200. The maximum atomic E-state index is 12.7. The van der Waals surface area contributed by atoms with Gasteiger partial charge in [-0.1, -0.05) is 23.7 Å². The van der Waals surface area contributed by atoms with Crippen LogP contribution in [0.25, 0.3) is 5.69 Å². The maximum Gasteiger partial charge on any atom is 0.274 e. The number of fused-ring (bicyclic) bond motifs is 1. The summed E-state index contributed by atoms with van der Waals surface area (Å²) in [6, 6.07) is 17.0. The van der Waals surface area contributed by atoms with Gasteiger partial charge in [-0.25, -0.2) is 4.68 Å². The largest absolute Gasteiger partial charge is 0.293 e. The van der Waals surface area contributed by atoms with Crippen LogP contribution in [-0.2, 0) is 19.5 Å². The molecule has 0 bridgehead atoms. The van der Waals surface area contributed by atoms with Crippen molar-refractivity contribution in [3.8, 4) is 11.8 Å². The summed E-state index contributed by atoms with van der Waals surface area (Å²) in [6.45, 7) is 2.25. The van der Waals surface area contributed by atoms with Gasteiger partial charge in [-0.2, -0.15) is 5.26 Å². The number of aromatic amines is 1. The van der Waals surface area contributed by atoms with Crippen LogP contribution in [0.4, 0.5) is 0 Å². The van der Waals surface area contributed by atoms with Crippen LogP contribution in [0.3, 0.4) is 0 Å². The van der Waals surface area contributed by atoms with Crippen LogP contribution in [0.15, 0.2) is 53.3 Å². The molecule has 1 aliphatic rings. The first-order valence-corrected chi connectivity index (χ1v) is 8.82. The van der Waals surface area contributed by atoms with Crippen LogP contribution in [0.5, 0.6) is 0 Å². The molecule has 26 heavy (non-hydrogen) atoms. The summed E-state index contributed by atoms with van der Waals surface area (Å²) in [5.74, 6) is 0. The monoisotopic (exact) mass is 364 g/mol. The van der Waals surface area contributed by atoms with Gasteiger partial charge in [0.05, 0.1) is 23.0 Å². The average Bonchev–Trinajstić information content (AvgIpc) is 2.98. The van der Waals surface area contributed by atoms with Gasteiger partial charge in [0.1, 0.15) is 0 Å². The zero-order valence-corrected chi connectivity index (χ0v) is 14.8. The highest BCUT2D eigenvalue weighted by atomic mass is 35.5. The number of nitrogens with one attached hydrogen (secondary N) is 1. The molecule has 1 aromatic heterocycles. The number of nitrogens with zero attached hydrogens (tertiary/aromatic N) is 3. The molecule has 3 aromatic rings. The molecule has 0 atom stereocenters. The molecule has 0 fully saturated rings. The van der Waals surface area contributed by atoms with Gasteiger partial charge >= 0.3 is 0 Å². The Balaban J connectivity index is 1.57. The van der Waals surface area contributed by atoms with Crippen molar-refractivity contribution < 1.29 is 0 Å². The molecule has 4 rings (SSSR count). The minimum Gasteiger partial charge on any atom is -0.293 e. The lowest BCUT2D eigenvalue weighted by atomic mass is 10.1. The molecule has 5 nitrogen and oxygen atoms in total. The average molecular weight is 365 g/mol. The van der Waals surface area contributed by atoms with Crippen molar-refractivity contribution in [1.82, 2.24) is 14.7 Å². The molecule has 0 aliphatic carbocycles. The van der Waals surface area contributed by atoms with Crippen molar-refractivity contribution in [3.05, 3.63) is 86.3 Å². The molecule has 0 amide bonds. The third-order valence-electron chi connectivity index (χ3n) is 4.68. The Labute approximate surface area is 156 Å². The van der Waals surface area contributed by atoms with Crippen molar-refractivity contribution in [2.24, 2.45) is 0 Å². The molecule has 6 heteroatoms. The van der Waals surface area contributed by atoms with Gasteiger partial charge in [0, 0.05) is 30.2 Å². The van der Waals surface area contributed by atoms with E-state index >= 15 is 0 Å². The SMILES string of the molecule is N#Cc1cccc(CN2CCc3c([nH]n(-c4ccc(Cl)cc4)c3=O)C2)c1. The van der Waals surface area contributed by atoms with Crippen LogP contribution in [0.1, 0.15) is 22.4 Å². The predicted octanol–water partition coefficient (Wildman–Crippen LogP) is 3.25. The number of H-pyrrole nitrogens is 1. The van der Waals surface area contributed by atoms with Crippen LogP contribution < -0.4 is 5.56 Å². The first-order valence-electron chi connectivity index (χ1n) is 8.44. The smallest absolute Gasteiger partial charge is 0.274 e. The van der Waals surface area contributed by atoms with Crippen molar-refractivity contribution >= 4 is 11.6 Å². The maximum absolute atomic E-state index is 12.7. The number of halogens is 1. The van der Waals surface area contributed by atoms with E-state index in [2.05, 4.69) is 16.1 Å². The molecule has 0 unspecified atom stereocenters. The number of hydrogen-bond donors (Lipinski definition) is 1. The third kappa shape index (κ3) is 3.17. The number of hydrogen-bond acceptors (Lipinski definition) is 3. The third-order valence-corrected chi connectivity index (χ3v) is 4.93. The summed E-state index contributed by atoms with van der Waals surface area (Å²) < 4.78 is 1.58. The van der Waals surface area contributed by atoms with Gasteiger partial charge < -0.3 is 0 Å². The first-order chi connectivity index (χ1) is 12.6. The van der Waals surface area contributed by atoms with E-state index in [0.29, 0.717) is 23.6 Å². The van der Waals surface area contributed by atoms with E-state index in [1.165, 1.54) is 0 Å². The van der Waals surface area contributed by atoms with Gasteiger partial charge in [-0.3, -0.25) is 14.8 Å². The fourth-order valence-electron chi connectivity index (χ4n) is 3.38. The van der Waals surface area contributed by atoms with E-state index in [0.717, 1.165) is 35.6 Å². The Bertz CT molecular complexity index is 1040. The van der Waals surface area contributed by atoms with E-state index < -0.39 is 0 Å². The molecule has 2 heterocycles. The van der Waals surface area contributed by atoms with Crippen LogP contribution in [0.2, 0.25) is 5.02 Å². The Hall–Kier alpha value is -2.81. The van der Waals surface area contributed by atoms with Crippen molar-refractivity contribution in [2.75, 3.05) is 6.54 Å². The Kier molecular flexibility index (Phi) is 4.37. The summed E-state index contributed by atoms with van der Waals surface area (Å²) >= 11 is 5.93. The second kappa shape index (κ2) is 6.83. The van der Waals surface area contributed by atoms with Gasteiger partial charge in [0.2, 0.25) is 0 Å². The van der Waals surface area contributed by atoms with E-state index in [1.54, 1.807) is 16.8 Å². The van der Waals surface area contributed by atoms with Crippen LogP contribution in [0, 0.1) is 11.3 Å². The number of aromatic nitrogens is 2. The number of rotatable bonds is 3. The lowest BCUT2D eigenvalue weighted by Crippen LogP contribution is -2.31. The minimum atomic E-state index is 0.00782. The summed E-state index contributed by atoms with van der Waals surface area (Å²) in [5.41, 5.74) is 4.36. The second-order valence-electron chi connectivity index (χ2n) is 6.46. The highest BCUT2D eigenvalue weighted by Crippen LogP contribution is 2.19. The van der Waals surface area contributed by atoms with Crippen molar-refractivity contribution in [1.29, 1.82) is 5.26 Å². The molecule has 1 N–H and O–H groups in total. The molecule has 0 saturated heterocycles. The van der Waals surface area contributed by atoms with Gasteiger partial charge in [0.15, 0.2) is 0 Å². The van der Waals surface area contributed by atoms with Crippen molar-refractivity contribution in [2.45, 2.75) is 19.5 Å². The predicted molar refractivity (Wildman–Crippen MR) is 100 cm³/mol. The molecule has 1 aliphatic heterocycles. The lowest BCUT2D eigenvalue weighted by Gasteiger charge is -2.25. The Morgan fingerprint density at radius 3 is 2.77 bits per heavy atom. The summed E-state index contributed by atoms with van der Waals surface area (Å²) in [4.78, 5) is 15.0. The van der Waals surface area contributed by atoms with Gasteiger partial charge in [0.25, 0.3) is 5.56 Å². The summed E-state index contributed by atoms with van der Waals surface area (Å²) in [6.07, 6.45) is 0.712. The fourth-order valence-corrected chi connectivity index (χ4v) is 3.51. The standard InChI is InChI=1S/C20H17ClN4O/c21-16-4-6-17(7-5-16)25-20(26)18-8-9-24(13-19(18)23-25)12-15-3-1-2-14(10-15)11-22/h1-7,10,23H,8-9,12-13H2. The zero-order valence-electron chi connectivity index (χ0n) is 14.1. The highest BCUT2D eigenvalue weighted by molar-refractivity contribution is 6.30. The highest BCUT2D eigenvalue weighted by Gasteiger charge is 2.23.